The number of ether oxygens (including phenoxy) is 1. The zero-order valence-electron chi connectivity index (χ0n) is 14.7. The van der Waals surface area contributed by atoms with Gasteiger partial charge in [-0.25, -0.2) is 8.42 Å². The maximum Gasteiger partial charge on any atom is 0.246 e. The Bertz CT molecular complexity index is 693. The maximum atomic E-state index is 13.0. The molecule has 0 radical (unpaired) electrons. The Kier molecular flexibility index (Phi) is 5.87. The molecule has 134 valence electrons. The molecular formula is C17H26N2O4S. The number of benzene rings is 1. The van der Waals surface area contributed by atoms with Crippen molar-refractivity contribution in [2.45, 2.75) is 37.5 Å². The van der Waals surface area contributed by atoms with Crippen LogP contribution in [0.3, 0.4) is 0 Å². The molecule has 0 atom stereocenters. The minimum absolute atomic E-state index is 0.0218. The lowest BCUT2D eigenvalue weighted by Gasteiger charge is -2.30. The lowest BCUT2D eigenvalue weighted by molar-refractivity contribution is -0.125. The van der Waals surface area contributed by atoms with Crippen molar-refractivity contribution in [1.29, 1.82) is 0 Å². The van der Waals surface area contributed by atoms with E-state index in [1.807, 2.05) is 19.9 Å². The van der Waals surface area contributed by atoms with Gasteiger partial charge in [0.1, 0.15) is 10.6 Å². The number of carbonyl (C=O) groups excluding carboxylic acids is 1. The number of carbonyl (C=O) groups is 1. The van der Waals surface area contributed by atoms with Gasteiger partial charge in [0.05, 0.1) is 7.11 Å². The summed E-state index contributed by atoms with van der Waals surface area (Å²) in [4.78, 5) is 11.9. The summed E-state index contributed by atoms with van der Waals surface area (Å²) < 4.78 is 32.8. The Hall–Kier alpha value is -1.60. The first-order valence-corrected chi connectivity index (χ1v) is 9.65. The van der Waals surface area contributed by atoms with Crippen molar-refractivity contribution in [3.05, 3.63) is 23.8 Å². The molecule has 0 unspecified atom stereocenters. The average Bonchev–Trinajstić information content (AvgIpc) is 2.60. The number of amides is 1. The highest BCUT2D eigenvalue weighted by Gasteiger charge is 2.33. The Morgan fingerprint density at radius 3 is 2.42 bits per heavy atom. The third kappa shape index (κ3) is 3.72. The van der Waals surface area contributed by atoms with Crippen LogP contribution in [0.25, 0.3) is 0 Å². The maximum absolute atomic E-state index is 13.0. The number of methoxy groups -OCH3 is 1. The molecule has 1 heterocycles. The highest BCUT2D eigenvalue weighted by atomic mass is 32.2. The predicted octanol–water partition coefficient (Wildman–Crippen LogP) is 1.97. The van der Waals surface area contributed by atoms with Gasteiger partial charge in [-0.15, -0.1) is 0 Å². The van der Waals surface area contributed by atoms with Crippen LogP contribution in [-0.4, -0.2) is 45.9 Å². The smallest absolute Gasteiger partial charge is 0.246 e. The van der Waals surface area contributed by atoms with E-state index in [1.54, 1.807) is 19.2 Å². The van der Waals surface area contributed by atoms with Crippen LogP contribution in [0.15, 0.2) is 23.1 Å². The lowest BCUT2D eigenvalue weighted by atomic mass is 9.97. The van der Waals surface area contributed by atoms with Crippen LogP contribution in [0.4, 0.5) is 0 Å². The summed E-state index contributed by atoms with van der Waals surface area (Å²) in [5, 5.41) is 2.63. The Morgan fingerprint density at radius 2 is 1.92 bits per heavy atom. The van der Waals surface area contributed by atoms with Crippen molar-refractivity contribution in [1.82, 2.24) is 9.62 Å². The molecule has 1 aromatic carbocycles. The summed E-state index contributed by atoms with van der Waals surface area (Å²) >= 11 is 0. The fraction of sp³-hybridized carbons (Fsp3) is 0.588. The van der Waals surface area contributed by atoms with E-state index in [-0.39, 0.29) is 22.6 Å². The molecule has 7 heteroatoms. The van der Waals surface area contributed by atoms with Gasteiger partial charge >= 0.3 is 0 Å². The molecule has 24 heavy (non-hydrogen) atoms. The second kappa shape index (κ2) is 7.53. The number of sulfonamides is 1. The number of nitrogens with one attached hydrogen (secondary N) is 1. The van der Waals surface area contributed by atoms with Crippen molar-refractivity contribution >= 4 is 15.9 Å². The van der Waals surface area contributed by atoms with Crippen LogP contribution in [0.2, 0.25) is 0 Å². The minimum Gasteiger partial charge on any atom is -0.495 e. The highest BCUT2D eigenvalue weighted by Crippen LogP contribution is 2.32. The summed E-state index contributed by atoms with van der Waals surface area (Å²) in [7, 11) is -0.562. The SMILES string of the molecule is CNC(=O)C1CCN(S(=O)(=O)c2cc(C(C)C)ccc2OC)CC1. The van der Waals surface area contributed by atoms with Crippen LogP contribution in [0.1, 0.15) is 38.2 Å². The second-order valence-electron chi connectivity index (χ2n) is 6.36. The van der Waals surface area contributed by atoms with Gasteiger partial charge in [-0.05, 0) is 36.5 Å². The summed E-state index contributed by atoms with van der Waals surface area (Å²) in [6, 6.07) is 5.30. The minimum atomic E-state index is -3.64. The molecule has 1 aromatic rings. The topological polar surface area (TPSA) is 75.7 Å². The van der Waals surface area contributed by atoms with E-state index in [4.69, 9.17) is 4.74 Å². The number of hydrogen-bond donors (Lipinski definition) is 1. The Labute approximate surface area is 144 Å². The monoisotopic (exact) mass is 354 g/mol. The first-order chi connectivity index (χ1) is 11.3. The number of rotatable bonds is 5. The molecule has 0 aliphatic carbocycles. The molecular weight excluding hydrogens is 328 g/mol. The zero-order chi connectivity index (χ0) is 17.9. The molecule has 1 N–H and O–H groups in total. The largest absolute Gasteiger partial charge is 0.495 e. The molecule has 2 rings (SSSR count). The van der Waals surface area contributed by atoms with Gasteiger partial charge < -0.3 is 10.1 Å². The van der Waals surface area contributed by atoms with Gasteiger partial charge in [0, 0.05) is 26.1 Å². The highest BCUT2D eigenvalue weighted by molar-refractivity contribution is 7.89. The molecule has 0 bridgehead atoms. The lowest BCUT2D eigenvalue weighted by Crippen LogP contribution is -2.42. The Morgan fingerprint density at radius 1 is 1.29 bits per heavy atom. The molecule has 0 aromatic heterocycles. The Balaban J connectivity index is 2.28. The van der Waals surface area contributed by atoms with Gasteiger partial charge in [-0.1, -0.05) is 19.9 Å². The second-order valence-corrected chi connectivity index (χ2v) is 8.26. The fourth-order valence-corrected chi connectivity index (χ4v) is 4.62. The van der Waals surface area contributed by atoms with Gasteiger partial charge in [0.25, 0.3) is 0 Å². The van der Waals surface area contributed by atoms with E-state index < -0.39 is 10.0 Å². The summed E-state index contributed by atoms with van der Waals surface area (Å²) in [5.41, 5.74) is 0.953. The predicted molar refractivity (Wildman–Crippen MR) is 92.6 cm³/mol. The van der Waals surface area contributed by atoms with E-state index in [0.717, 1.165) is 5.56 Å². The van der Waals surface area contributed by atoms with Gasteiger partial charge in [-0.2, -0.15) is 4.31 Å². The molecule has 1 saturated heterocycles. The van der Waals surface area contributed by atoms with Crippen molar-refractivity contribution in [3.63, 3.8) is 0 Å². The first kappa shape index (κ1) is 18.7. The normalized spacial score (nSPS) is 17.0. The first-order valence-electron chi connectivity index (χ1n) is 8.21. The van der Waals surface area contributed by atoms with Crippen LogP contribution >= 0.6 is 0 Å². The van der Waals surface area contributed by atoms with Crippen molar-refractivity contribution in [2.75, 3.05) is 27.2 Å². The van der Waals surface area contributed by atoms with E-state index >= 15 is 0 Å². The summed E-state index contributed by atoms with van der Waals surface area (Å²) in [6.45, 7) is 4.73. The van der Waals surface area contributed by atoms with Crippen LogP contribution in [0, 0.1) is 5.92 Å². The average molecular weight is 354 g/mol. The van der Waals surface area contributed by atoms with Gasteiger partial charge in [-0.3, -0.25) is 4.79 Å². The van der Waals surface area contributed by atoms with Gasteiger partial charge in [0.2, 0.25) is 15.9 Å². The van der Waals surface area contributed by atoms with Crippen molar-refractivity contribution in [2.24, 2.45) is 5.92 Å². The molecule has 6 nitrogen and oxygen atoms in total. The van der Waals surface area contributed by atoms with Crippen molar-refractivity contribution in [3.8, 4) is 5.75 Å². The van der Waals surface area contributed by atoms with Crippen LogP contribution in [-0.2, 0) is 14.8 Å². The van der Waals surface area contributed by atoms with E-state index in [0.29, 0.717) is 31.7 Å². The third-order valence-corrected chi connectivity index (χ3v) is 6.46. The van der Waals surface area contributed by atoms with Crippen molar-refractivity contribution < 1.29 is 17.9 Å². The molecule has 1 aliphatic heterocycles. The van der Waals surface area contributed by atoms with Crippen LogP contribution < -0.4 is 10.1 Å². The quantitative estimate of drug-likeness (QED) is 0.877. The summed E-state index contributed by atoms with van der Waals surface area (Å²) in [6.07, 6.45) is 1.07. The standard InChI is InChI=1S/C17H26N2O4S/c1-12(2)14-5-6-15(23-4)16(11-14)24(21,22)19-9-7-13(8-10-19)17(20)18-3/h5-6,11-13H,7-10H2,1-4H3,(H,18,20). The van der Waals surface area contributed by atoms with E-state index in [9.17, 15) is 13.2 Å². The molecule has 1 fully saturated rings. The molecule has 1 amide bonds. The van der Waals surface area contributed by atoms with Crippen LogP contribution in [0.5, 0.6) is 5.75 Å². The summed E-state index contributed by atoms with van der Waals surface area (Å²) in [5.74, 6) is 0.438. The third-order valence-electron chi connectivity index (χ3n) is 4.54. The molecule has 1 aliphatic rings. The van der Waals surface area contributed by atoms with E-state index in [1.165, 1.54) is 11.4 Å². The number of nitrogens with zero attached hydrogens (tertiary/aromatic N) is 1. The van der Waals surface area contributed by atoms with E-state index in [2.05, 4.69) is 5.32 Å². The number of piperidine rings is 1. The van der Waals surface area contributed by atoms with Gasteiger partial charge in [0.15, 0.2) is 0 Å². The zero-order valence-corrected chi connectivity index (χ0v) is 15.5. The molecule has 0 spiro atoms. The molecule has 0 saturated carbocycles. The number of hydrogen-bond acceptors (Lipinski definition) is 4. The fourth-order valence-electron chi connectivity index (χ4n) is 2.96.